The third kappa shape index (κ3) is 4.49. The number of carbonyl (C=O) groups excluding carboxylic acids is 1. The molecule has 2 aromatic carbocycles. The quantitative estimate of drug-likeness (QED) is 0.446. The summed E-state index contributed by atoms with van der Waals surface area (Å²) in [5.41, 5.74) is 0.663. The molecule has 0 aliphatic heterocycles. The molecule has 1 atom stereocenters. The molecule has 1 aromatic heterocycles. The fraction of sp³-hybridized carbons (Fsp3) is 0.158. The molecule has 1 heterocycles. The summed E-state index contributed by atoms with van der Waals surface area (Å²) in [6, 6.07) is 13.9. The van der Waals surface area contributed by atoms with Crippen LogP contribution in [0.1, 0.15) is 24.8 Å². The number of non-ortho nitro benzene ring substituents is 1. The molecule has 0 aliphatic carbocycles. The van der Waals surface area contributed by atoms with Crippen LogP contribution >= 0.6 is 11.3 Å². The second-order valence-corrected chi connectivity index (χ2v) is 9.31. The van der Waals surface area contributed by atoms with E-state index in [1.54, 1.807) is 0 Å². The number of hydrogen-bond acceptors (Lipinski definition) is 7. The smallest absolute Gasteiger partial charge is 0.269 e. The van der Waals surface area contributed by atoms with Crippen molar-refractivity contribution in [1.29, 1.82) is 0 Å². The number of nitro benzene ring substituents is 1. The van der Waals surface area contributed by atoms with Crippen molar-refractivity contribution in [2.24, 2.45) is 0 Å². The molecule has 0 aliphatic rings. The zero-order valence-corrected chi connectivity index (χ0v) is 16.9. The van der Waals surface area contributed by atoms with Crippen LogP contribution in [0.15, 0.2) is 69.9 Å². The van der Waals surface area contributed by atoms with E-state index in [9.17, 15) is 23.3 Å². The van der Waals surface area contributed by atoms with E-state index >= 15 is 0 Å². The van der Waals surface area contributed by atoms with Crippen molar-refractivity contribution in [3.63, 3.8) is 0 Å². The van der Waals surface area contributed by atoms with E-state index in [1.807, 2.05) is 37.3 Å². The third-order valence-electron chi connectivity index (χ3n) is 4.26. The van der Waals surface area contributed by atoms with Crippen molar-refractivity contribution in [2.45, 2.75) is 28.4 Å². The fourth-order valence-corrected chi connectivity index (χ4v) is 5.19. The van der Waals surface area contributed by atoms with Gasteiger partial charge >= 0.3 is 0 Å². The van der Waals surface area contributed by atoms with E-state index in [0.29, 0.717) is 6.42 Å². The molecule has 29 heavy (non-hydrogen) atoms. The minimum Gasteiger partial charge on any atom is -0.301 e. The van der Waals surface area contributed by atoms with Gasteiger partial charge in [-0.3, -0.25) is 14.9 Å². The van der Waals surface area contributed by atoms with Gasteiger partial charge in [-0.25, -0.2) is 13.4 Å². The van der Waals surface area contributed by atoms with E-state index in [-0.39, 0.29) is 31.7 Å². The van der Waals surface area contributed by atoms with Crippen LogP contribution in [0.25, 0.3) is 0 Å². The van der Waals surface area contributed by atoms with Crippen molar-refractivity contribution < 1.29 is 18.1 Å². The Balaban J connectivity index is 1.79. The number of anilines is 1. The molecule has 10 heteroatoms. The van der Waals surface area contributed by atoms with Crippen LogP contribution in [0, 0.1) is 10.1 Å². The Morgan fingerprint density at radius 3 is 2.41 bits per heavy atom. The van der Waals surface area contributed by atoms with Crippen molar-refractivity contribution in [2.75, 3.05) is 5.32 Å². The number of carbonyl (C=O) groups is 1. The number of rotatable bonds is 7. The maximum absolute atomic E-state index is 12.7. The van der Waals surface area contributed by atoms with Gasteiger partial charge in [0.25, 0.3) is 5.69 Å². The Bertz CT molecular complexity index is 1130. The van der Waals surface area contributed by atoms with Crippen molar-refractivity contribution >= 4 is 37.9 Å². The number of thiazole rings is 1. The Morgan fingerprint density at radius 1 is 1.17 bits per heavy atom. The predicted octanol–water partition coefficient (Wildman–Crippen LogP) is 4.02. The van der Waals surface area contributed by atoms with Crippen LogP contribution in [0.3, 0.4) is 0 Å². The van der Waals surface area contributed by atoms with Gasteiger partial charge in [-0.15, -0.1) is 0 Å². The molecule has 0 spiro atoms. The van der Waals surface area contributed by atoms with E-state index in [4.69, 9.17) is 0 Å². The predicted molar refractivity (Wildman–Crippen MR) is 109 cm³/mol. The normalized spacial score (nSPS) is 12.3. The first-order chi connectivity index (χ1) is 13.8. The molecule has 150 valence electrons. The first-order valence-corrected chi connectivity index (χ1v) is 10.9. The number of nitrogens with zero attached hydrogens (tertiary/aromatic N) is 2. The van der Waals surface area contributed by atoms with Crippen LogP contribution in [-0.4, -0.2) is 24.2 Å². The molecular weight excluding hydrogens is 414 g/mol. The van der Waals surface area contributed by atoms with E-state index < -0.39 is 14.8 Å². The van der Waals surface area contributed by atoms with Crippen molar-refractivity contribution in [1.82, 2.24) is 4.98 Å². The highest BCUT2D eigenvalue weighted by Gasteiger charge is 2.24. The number of nitro groups is 1. The summed E-state index contributed by atoms with van der Waals surface area (Å²) < 4.78 is 25.4. The molecule has 0 unspecified atom stereocenters. The number of amides is 1. The standard InChI is InChI=1S/C19H17N3O5S2/c1-2-16(13-6-4-3-5-7-13)18(23)21-19-20-12-17(28-19)29(26,27)15-10-8-14(9-11-15)22(24)25/h3-12,16H,2H2,1H3,(H,20,21,23)/t16-/m1/s1. The Labute approximate surface area is 171 Å². The fourth-order valence-electron chi connectivity index (χ4n) is 2.75. The first-order valence-electron chi connectivity index (χ1n) is 8.64. The molecule has 3 rings (SSSR count). The van der Waals surface area contributed by atoms with Gasteiger partial charge in [-0.2, -0.15) is 0 Å². The van der Waals surface area contributed by atoms with Gasteiger partial charge in [0.2, 0.25) is 15.7 Å². The lowest BCUT2D eigenvalue weighted by Gasteiger charge is -2.13. The Hall–Kier alpha value is -3.11. The Morgan fingerprint density at radius 2 is 1.83 bits per heavy atom. The average molecular weight is 431 g/mol. The maximum Gasteiger partial charge on any atom is 0.269 e. The van der Waals surface area contributed by atoms with Gasteiger partial charge in [0.05, 0.1) is 21.9 Å². The van der Waals surface area contributed by atoms with Gasteiger partial charge in [0.1, 0.15) is 4.21 Å². The summed E-state index contributed by atoms with van der Waals surface area (Å²) in [6.07, 6.45) is 1.75. The largest absolute Gasteiger partial charge is 0.301 e. The van der Waals surface area contributed by atoms with E-state index in [1.165, 1.54) is 18.3 Å². The summed E-state index contributed by atoms with van der Waals surface area (Å²) in [5, 5.41) is 13.6. The minimum atomic E-state index is -3.89. The van der Waals surface area contributed by atoms with Gasteiger partial charge in [-0.05, 0) is 24.1 Å². The molecule has 0 bridgehead atoms. The zero-order valence-electron chi connectivity index (χ0n) is 15.3. The highest BCUT2D eigenvalue weighted by Crippen LogP contribution is 2.30. The van der Waals surface area contributed by atoms with Crippen molar-refractivity contribution in [3.8, 4) is 0 Å². The Kier molecular flexibility index (Phi) is 6.04. The summed E-state index contributed by atoms with van der Waals surface area (Å²) in [6.45, 7) is 1.89. The molecule has 0 fully saturated rings. The minimum absolute atomic E-state index is 0.0607. The van der Waals surface area contributed by atoms with Gasteiger partial charge < -0.3 is 5.32 Å². The molecule has 0 saturated carbocycles. The number of hydrogen-bond donors (Lipinski definition) is 1. The lowest BCUT2D eigenvalue weighted by atomic mass is 9.96. The summed E-state index contributed by atoms with van der Waals surface area (Å²) in [4.78, 5) is 26.7. The first kappa shape index (κ1) is 20.6. The molecule has 1 N–H and O–H groups in total. The van der Waals surface area contributed by atoms with Gasteiger partial charge in [-0.1, -0.05) is 48.6 Å². The van der Waals surface area contributed by atoms with Gasteiger partial charge in [0.15, 0.2) is 5.13 Å². The van der Waals surface area contributed by atoms with Gasteiger partial charge in [0, 0.05) is 12.1 Å². The summed E-state index contributed by atoms with van der Waals surface area (Å²) in [7, 11) is -3.89. The maximum atomic E-state index is 12.7. The van der Waals surface area contributed by atoms with Crippen molar-refractivity contribution in [3.05, 3.63) is 76.5 Å². The molecule has 3 aromatic rings. The molecule has 0 radical (unpaired) electrons. The molecule has 1 amide bonds. The number of sulfone groups is 1. The number of benzene rings is 2. The molecular formula is C19H17N3O5S2. The second kappa shape index (κ2) is 8.50. The van der Waals surface area contributed by atoms with E-state index in [0.717, 1.165) is 29.0 Å². The van der Waals surface area contributed by atoms with Crippen LogP contribution in [0.4, 0.5) is 10.8 Å². The lowest BCUT2D eigenvalue weighted by Crippen LogP contribution is -2.20. The van der Waals surface area contributed by atoms with Crippen LogP contribution in [0.2, 0.25) is 0 Å². The van der Waals surface area contributed by atoms with Crippen LogP contribution < -0.4 is 5.32 Å². The number of aromatic nitrogens is 1. The molecule has 8 nitrogen and oxygen atoms in total. The topological polar surface area (TPSA) is 119 Å². The molecule has 0 saturated heterocycles. The number of nitrogens with one attached hydrogen (secondary N) is 1. The second-order valence-electron chi connectivity index (χ2n) is 6.10. The van der Waals surface area contributed by atoms with Crippen LogP contribution in [0.5, 0.6) is 0 Å². The van der Waals surface area contributed by atoms with Crippen LogP contribution in [-0.2, 0) is 14.6 Å². The monoisotopic (exact) mass is 431 g/mol. The highest BCUT2D eigenvalue weighted by atomic mass is 32.2. The zero-order chi connectivity index (χ0) is 21.0. The third-order valence-corrected chi connectivity index (χ3v) is 7.41. The highest BCUT2D eigenvalue weighted by molar-refractivity contribution is 7.93. The lowest BCUT2D eigenvalue weighted by molar-refractivity contribution is -0.384. The summed E-state index contributed by atoms with van der Waals surface area (Å²) >= 11 is 0.832. The van der Waals surface area contributed by atoms with E-state index in [2.05, 4.69) is 10.3 Å². The average Bonchev–Trinajstić information content (AvgIpc) is 3.19. The summed E-state index contributed by atoms with van der Waals surface area (Å²) in [5.74, 6) is -0.651. The SMILES string of the molecule is CC[C@@H](C(=O)Nc1ncc(S(=O)(=O)c2ccc([N+](=O)[O-])cc2)s1)c1ccccc1.